The third-order valence-electron chi connectivity index (χ3n) is 9.04. The average Bonchev–Trinajstić information content (AvgIpc) is 3.69. The summed E-state index contributed by atoms with van der Waals surface area (Å²) in [5.74, 6) is 0.383. The number of carbonyl (C=O) groups is 1. The summed E-state index contributed by atoms with van der Waals surface area (Å²) in [6.07, 6.45) is 11.3. The lowest BCUT2D eigenvalue weighted by Crippen LogP contribution is -2.45. The summed E-state index contributed by atoms with van der Waals surface area (Å²) in [6.45, 7) is 9.31. The Morgan fingerprint density at radius 1 is 0.721 bits per heavy atom. The fourth-order valence-electron chi connectivity index (χ4n) is 7.41. The molecule has 3 aromatic carbocycles. The fourth-order valence-corrected chi connectivity index (χ4v) is 12.5. The highest BCUT2D eigenvalue weighted by Crippen LogP contribution is 2.66. The second-order valence-corrected chi connectivity index (χ2v) is 17.8. The molecule has 2 aromatic heterocycles. The summed E-state index contributed by atoms with van der Waals surface area (Å²) in [7, 11) is 2.54. The highest BCUT2D eigenvalue weighted by atomic mass is 31.1. The van der Waals surface area contributed by atoms with Gasteiger partial charge in [-0.15, -0.1) is 9.24 Å². The summed E-state index contributed by atoms with van der Waals surface area (Å²) in [5.41, 5.74) is 9.08. The highest BCUT2D eigenvalue weighted by Gasteiger charge is 2.50. The molecule has 5 aromatic rings. The Morgan fingerprint density at radius 3 is 1.63 bits per heavy atom. The van der Waals surface area contributed by atoms with Crippen molar-refractivity contribution in [2.75, 3.05) is 0 Å². The third-order valence-corrected chi connectivity index (χ3v) is 13.6. The molecule has 1 unspecified atom stereocenters. The Labute approximate surface area is 259 Å². The van der Waals surface area contributed by atoms with E-state index in [1.807, 2.05) is 12.4 Å². The molecule has 0 amide bonds. The Balaban J connectivity index is 1.66. The van der Waals surface area contributed by atoms with E-state index in [2.05, 4.69) is 144 Å². The maximum Gasteiger partial charge on any atom is 0.134 e. The quantitative estimate of drug-likeness (QED) is 0.171. The van der Waals surface area contributed by atoms with E-state index in [1.54, 1.807) is 0 Å². The van der Waals surface area contributed by atoms with Crippen LogP contribution in [0.1, 0.15) is 79.5 Å². The molecule has 3 nitrogen and oxygen atoms in total. The molecule has 0 spiro atoms. The minimum atomic E-state index is -0.734. The number of rotatable bonds is 8. The molecule has 43 heavy (non-hydrogen) atoms. The topological polar surface area (TPSA) is 48.6 Å². The highest BCUT2D eigenvalue weighted by molar-refractivity contribution is 7.69. The van der Waals surface area contributed by atoms with Gasteiger partial charge in [0.15, 0.2) is 0 Å². The van der Waals surface area contributed by atoms with Crippen LogP contribution in [0, 0.1) is 0 Å². The van der Waals surface area contributed by atoms with Gasteiger partial charge in [-0.3, -0.25) is 4.79 Å². The summed E-state index contributed by atoms with van der Waals surface area (Å²) < 4.78 is 0. The lowest BCUT2D eigenvalue weighted by Gasteiger charge is -2.51. The Hall–Kier alpha value is -3.25. The molecule has 0 bridgehead atoms. The zero-order valence-electron chi connectivity index (χ0n) is 25.7. The van der Waals surface area contributed by atoms with Crippen LogP contribution in [-0.4, -0.2) is 26.1 Å². The number of Topliss-reactive ketones (excluding diaryl/α,β-unsaturated/α-hetero) is 1. The smallest absolute Gasteiger partial charge is 0.134 e. The maximum absolute atomic E-state index is 13.1. The SMILES string of the molecule is CC1(C)CC(=O)CC(C)(C)P1c1cc(Cc2ccccc2)c(Cc2ccccc2)cc1C(P)(c1cc[nH]c1)c1cc[nH]c1. The fraction of sp³-hybridized carbons (Fsp3) is 0.289. The van der Waals surface area contributed by atoms with Gasteiger partial charge in [-0.05, 0) is 79.5 Å². The molecule has 0 saturated carbocycles. The number of nitrogens with one attached hydrogen (secondary N) is 2. The van der Waals surface area contributed by atoms with E-state index in [9.17, 15) is 4.79 Å². The van der Waals surface area contributed by atoms with Crippen molar-refractivity contribution in [1.82, 2.24) is 9.97 Å². The zero-order chi connectivity index (χ0) is 30.2. The lowest BCUT2D eigenvalue weighted by molar-refractivity contribution is -0.120. The molecule has 2 N–H and O–H groups in total. The van der Waals surface area contributed by atoms with Crippen molar-refractivity contribution >= 4 is 28.2 Å². The number of hydrogen-bond donors (Lipinski definition) is 2. The minimum absolute atomic E-state index is 0.129. The average molecular weight is 605 g/mol. The summed E-state index contributed by atoms with van der Waals surface area (Å²) in [5, 5.41) is 0.686. The van der Waals surface area contributed by atoms with Crippen LogP contribution >= 0.6 is 17.2 Å². The molecular weight excluding hydrogens is 562 g/mol. The first-order chi connectivity index (χ1) is 20.6. The molecule has 0 radical (unpaired) electrons. The normalized spacial score (nSPS) is 16.8. The van der Waals surface area contributed by atoms with E-state index in [-0.39, 0.29) is 10.3 Å². The second-order valence-electron chi connectivity index (χ2n) is 13.3. The van der Waals surface area contributed by atoms with Crippen LogP contribution in [0.3, 0.4) is 0 Å². The van der Waals surface area contributed by atoms with Gasteiger partial charge in [-0.1, -0.05) is 108 Å². The zero-order valence-corrected chi connectivity index (χ0v) is 27.7. The monoisotopic (exact) mass is 604 g/mol. The van der Waals surface area contributed by atoms with Gasteiger partial charge in [-0.25, -0.2) is 0 Å². The Kier molecular flexibility index (Phi) is 8.10. The van der Waals surface area contributed by atoms with E-state index in [0.717, 1.165) is 12.8 Å². The Morgan fingerprint density at radius 2 is 1.19 bits per heavy atom. The van der Waals surface area contributed by atoms with Gasteiger partial charge >= 0.3 is 0 Å². The first-order valence-electron chi connectivity index (χ1n) is 15.2. The molecule has 6 rings (SSSR count). The molecule has 220 valence electrons. The molecule has 5 heteroatoms. The standard InChI is InChI=1S/C38H42N2OP2/c1-36(2)23-33(41)24-37(3,4)43(36)35-22-30(20-28-13-9-6-10-14-28)29(19-27-11-7-5-8-12-27)21-34(35)38(42,31-15-17-39-25-31)32-16-18-40-26-32/h5-18,21-22,25-26,39-40H,19-20,23-24,42H2,1-4H3. The van der Waals surface area contributed by atoms with Crippen molar-refractivity contribution in [3.63, 3.8) is 0 Å². The molecule has 1 saturated heterocycles. The third kappa shape index (κ3) is 5.83. The Bertz CT molecular complexity index is 1630. The van der Waals surface area contributed by atoms with Crippen LogP contribution in [0.25, 0.3) is 0 Å². The van der Waals surface area contributed by atoms with Crippen LogP contribution in [0.2, 0.25) is 0 Å². The van der Waals surface area contributed by atoms with Crippen LogP contribution in [0.15, 0.2) is 110 Å². The molecular formula is C38H42N2OP2. The molecule has 1 atom stereocenters. The van der Waals surface area contributed by atoms with Gasteiger partial charge in [-0.2, -0.15) is 0 Å². The molecule has 1 aliphatic rings. The predicted octanol–water partition coefficient (Wildman–Crippen LogP) is 8.72. The molecule has 3 heterocycles. The lowest BCUT2D eigenvalue weighted by atomic mass is 9.83. The van der Waals surface area contributed by atoms with Gasteiger partial charge in [0, 0.05) is 37.6 Å². The van der Waals surface area contributed by atoms with E-state index in [4.69, 9.17) is 0 Å². The van der Waals surface area contributed by atoms with Crippen molar-refractivity contribution in [2.45, 2.75) is 68.8 Å². The van der Waals surface area contributed by atoms with Crippen LogP contribution in [-0.2, 0) is 22.8 Å². The van der Waals surface area contributed by atoms with Crippen molar-refractivity contribution in [2.24, 2.45) is 0 Å². The number of hydrogen-bond acceptors (Lipinski definition) is 1. The summed E-state index contributed by atoms with van der Waals surface area (Å²) >= 11 is 0. The minimum Gasteiger partial charge on any atom is -0.367 e. The number of ketones is 1. The van der Waals surface area contributed by atoms with Gasteiger partial charge in [0.1, 0.15) is 5.78 Å². The first-order valence-corrected chi connectivity index (χ1v) is 17.1. The molecule has 0 aliphatic carbocycles. The van der Waals surface area contributed by atoms with Gasteiger partial charge in [0.2, 0.25) is 0 Å². The number of aromatic amines is 2. The molecule has 1 aliphatic heterocycles. The number of aromatic nitrogens is 2. The van der Waals surface area contributed by atoms with E-state index in [0.29, 0.717) is 18.6 Å². The largest absolute Gasteiger partial charge is 0.367 e. The van der Waals surface area contributed by atoms with Gasteiger partial charge in [0.05, 0.1) is 5.16 Å². The van der Waals surface area contributed by atoms with Crippen molar-refractivity contribution in [3.05, 3.63) is 149 Å². The first kappa shape index (κ1) is 29.8. The van der Waals surface area contributed by atoms with Crippen molar-refractivity contribution in [3.8, 4) is 0 Å². The summed E-state index contributed by atoms with van der Waals surface area (Å²) in [6, 6.07) is 31.1. The number of H-pyrrole nitrogens is 2. The molecule has 1 fully saturated rings. The maximum atomic E-state index is 13.1. The van der Waals surface area contributed by atoms with E-state index >= 15 is 0 Å². The van der Waals surface area contributed by atoms with Crippen LogP contribution in [0.5, 0.6) is 0 Å². The second kappa shape index (κ2) is 11.7. The number of carbonyl (C=O) groups excluding carboxylic acids is 1. The van der Waals surface area contributed by atoms with Gasteiger partial charge in [0.25, 0.3) is 0 Å². The van der Waals surface area contributed by atoms with E-state index in [1.165, 1.54) is 44.2 Å². The van der Waals surface area contributed by atoms with Crippen LogP contribution < -0.4 is 5.30 Å². The summed E-state index contributed by atoms with van der Waals surface area (Å²) in [4.78, 5) is 19.8. The van der Waals surface area contributed by atoms with Crippen molar-refractivity contribution < 1.29 is 4.79 Å². The van der Waals surface area contributed by atoms with Crippen LogP contribution in [0.4, 0.5) is 0 Å². The predicted molar refractivity (Wildman–Crippen MR) is 185 cm³/mol. The van der Waals surface area contributed by atoms with E-state index < -0.39 is 13.1 Å². The van der Waals surface area contributed by atoms with Crippen molar-refractivity contribution in [1.29, 1.82) is 0 Å². The number of benzene rings is 3. The van der Waals surface area contributed by atoms with Gasteiger partial charge < -0.3 is 9.97 Å².